The van der Waals surface area contributed by atoms with Gasteiger partial charge in [0.15, 0.2) is 0 Å². The summed E-state index contributed by atoms with van der Waals surface area (Å²) in [4.78, 5) is 2.65. The molecule has 146 valence electrons. The van der Waals surface area contributed by atoms with E-state index in [1.54, 1.807) is 0 Å². The second-order valence-corrected chi connectivity index (χ2v) is 8.46. The lowest BCUT2D eigenvalue weighted by Crippen LogP contribution is -2.39. The van der Waals surface area contributed by atoms with Gasteiger partial charge in [0, 0.05) is 52.7 Å². The number of hydrogen-bond acceptors (Lipinski definition) is 2. The van der Waals surface area contributed by atoms with Gasteiger partial charge in [-0.25, -0.2) is 0 Å². The molecule has 0 saturated heterocycles. The van der Waals surface area contributed by atoms with E-state index in [-0.39, 0.29) is 0 Å². The van der Waals surface area contributed by atoms with Gasteiger partial charge in [0.25, 0.3) is 0 Å². The first-order valence-corrected chi connectivity index (χ1v) is 10.8. The predicted octanol–water partition coefficient (Wildman–Crippen LogP) is 5.16. The van der Waals surface area contributed by atoms with E-state index < -0.39 is 0 Å². The zero-order valence-corrected chi connectivity index (χ0v) is 16.8. The normalized spacial score (nSPS) is 19.0. The van der Waals surface area contributed by atoms with E-state index >= 15 is 0 Å². The summed E-state index contributed by atoms with van der Waals surface area (Å²) in [5.74, 6) is 0. The van der Waals surface area contributed by atoms with Crippen LogP contribution in [0.3, 0.4) is 0 Å². The summed E-state index contributed by atoms with van der Waals surface area (Å²) in [6, 6.07) is 10.2. The van der Waals surface area contributed by atoms with Crippen LogP contribution in [-0.2, 0) is 19.4 Å². The smallest absolute Gasteiger partial charge is 0.0522 e. The van der Waals surface area contributed by atoms with E-state index in [9.17, 15) is 0 Å². The first-order valence-electron chi connectivity index (χ1n) is 10.8. The minimum atomic E-state index is 0.530. The van der Waals surface area contributed by atoms with Gasteiger partial charge in [-0.3, -0.25) is 5.10 Å². The highest BCUT2D eigenvalue weighted by Crippen LogP contribution is 2.40. The van der Waals surface area contributed by atoms with Gasteiger partial charge >= 0.3 is 0 Å². The molecule has 2 aliphatic rings. The zero-order chi connectivity index (χ0) is 19.1. The molecule has 1 unspecified atom stereocenters. The molecule has 0 amide bonds. The highest BCUT2D eigenvalue weighted by atomic mass is 15.2. The van der Waals surface area contributed by atoms with Crippen LogP contribution < -0.4 is 0 Å². The highest BCUT2D eigenvalue weighted by Gasteiger charge is 2.37. The van der Waals surface area contributed by atoms with Gasteiger partial charge in [-0.2, -0.15) is 5.10 Å². The lowest BCUT2D eigenvalue weighted by Gasteiger charge is -2.37. The SMILES string of the molecule is C=C(c1cccc2c1ccn2CCCC)N(C1CC1)C1CCc2[nH]ncc2C1. The van der Waals surface area contributed by atoms with Crippen LogP contribution in [0.1, 0.15) is 55.8 Å². The molecule has 2 heterocycles. The second-order valence-electron chi connectivity index (χ2n) is 8.46. The van der Waals surface area contributed by atoms with Crippen molar-refractivity contribution < 1.29 is 0 Å². The Labute approximate surface area is 167 Å². The molecule has 4 nitrogen and oxygen atoms in total. The van der Waals surface area contributed by atoms with Gasteiger partial charge < -0.3 is 9.47 Å². The molecule has 4 heteroatoms. The Bertz CT molecular complexity index is 991. The lowest BCUT2D eigenvalue weighted by atomic mass is 9.91. The standard InChI is InChI=1S/C24H30N4/c1-3-4-13-27-14-12-22-21(6-5-7-24(22)27)17(2)28(19-8-9-19)20-10-11-23-18(15-20)16-25-26-23/h5-7,12,14,16,19-20H,2-4,8-11,13,15H2,1H3,(H,25,26). The maximum Gasteiger partial charge on any atom is 0.0522 e. The largest absolute Gasteiger partial charge is 0.365 e. The summed E-state index contributed by atoms with van der Waals surface area (Å²) in [5, 5.41) is 8.78. The Morgan fingerprint density at radius 2 is 2.14 bits per heavy atom. The van der Waals surface area contributed by atoms with Crippen molar-refractivity contribution in [1.82, 2.24) is 19.7 Å². The van der Waals surface area contributed by atoms with E-state index in [4.69, 9.17) is 0 Å². The van der Waals surface area contributed by atoms with Gasteiger partial charge in [0.2, 0.25) is 0 Å². The van der Waals surface area contributed by atoms with Crippen LogP contribution in [0, 0.1) is 0 Å². The van der Waals surface area contributed by atoms with Crippen molar-refractivity contribution in [3.8, 4) is 0 Å². The number of H-pyrrole nitrogens is 1. The summed E-state index contributed by atoms with van der Waals surface area (Å²) in [5.41, 5.74) is 6.56. The van der Waals surface area contributed by atoms with Crippen molar-refractivity contribution in [1.29, 1.82) is 0 Å². The molecule has 0 bridgehead atoms. The number of nitrogens with one attached hydrogen (secondary N) is 1. The minimum Gasteiger partial charge on any atom is -0.365 e. The van der Waals surface area contributed by atoms with E-state index in [0.717, 1.165) is 19.4 Å². The average molecular weight is 375 g/mol. The monoisotopic (exact) mass is 374 g/mol. The Morgan fingerprint density at radius 3 is 2.96 bits per heavy atom. The molecule has 2 aliphatic carbocycles. The van der Waals surface area contributed by atoms with Crippen molar-refractivity contribution in [2.75, 3.05) is 0 Å². The molecule has 0 radical (unpaired) electrons. The fourth-order valence-corrected chi connectivity index (χ4v) is 4.86. The number of benzene rings is 1. The van der Waals surface area contributed by atoms with Crippen molar-refractivity contribution >= 4 is 16.6 Å². The maximum atomic E-state index is 4.62. The summed E-state index contributed by atoms with van der Waals surface area (Å²) in [6.07, 6.45) is 12.6. The average Bonchev–Trinajstić information content (AvgIpc) is 3.28. The Kier molecular flexibility index (Phi) is 4.50. The molecule has 3 aromatic rings. The summed E-state index contributed by atoms with van der Waals surface area (Å²) in [7, 11) is 0. The molecule has 28 heavy (non-hydrogen) atoms. The van der Waals surface area contributed by atoms with Crippen molar-refractivity contribution in [2.24, 2.45) is 0 Å². The molecule has 1 atom stereocenters. The van der Waals surface area contributed by atoms with Crippen LogP contribution in [0.5, 0.6) is 0 Å². The third-order valence-electron chi connectivity index (χ3n) is 6.51. The molecule has 1 N–H and O–H groups in total. The third-order valence-corrected chi connectivity index (χ3v) is 6.51. The Hall–Kier alpha value is -2.49. The molecule has 2 aromatic heterocycles. The minimum absolute atomic E-state index is 0.530. The third kappa shape index (κ3) is 3.05. The number of aromatic nitrogens is 3. The van der Waals surface area contributed by atoms with Gasteiger partial charge in [-0.1, -0.05) is 32.1 Å². The summed E-state index contributed by atoms with van der Waals surface area (Å²) < 4.78 is 2.40. The van der Waals surface area contributed by atoms with Crippen molar-refractivity contribution in [3.63, 3.8) is 0 Å². The van der Waals surface area contributed by atoms with Crippen LogP contribution in [0.15, 0.2) is 43.2 Å². The maximum absolute atomic E-state index is 4.62. The number of fused-ring (bicyclic) bond motifs is 2. The summed E-state index contributed by atoms with van der Waals surface area (Å²) in [6.45, 7) is 7.96. The Balaban J connectivity index is 1.46. The van der Waals surface area contributed by atoms with Crippen LogP contribution in [-0.4, -0.2) is 31.7 Å². The van der Waals surface area contributed by atoms with Crippen molar-refractivity contribution in [3.05, 3.63) is 60.1 Å². The topological polar surface area (TPSA) is 36.9 Å². The number of nitrogens with zero attached hydrogens (tertiary/aromatic N) is 3. The van der Waals surface area contributed by atoms with Crippen LogP contribution in [0.2, 0.25) is 0 Å². The quantitative estimate of drug-likeness (QED) is 0.620. The fourth-order valence-electron chi connectivity index (χ4n) is 4.86. The lowest BCUT2D eigenvalue weighted by molar-refractivity contribution is 0.259. The molecule has 1 saturated carbocycles. The number of rotatable bonds is 7. The number of hydrogen-bond donors (Lipinski definition) is 1. The van der Waals surface area contributed by atoms with Crippen molar-refractivity contribution in [2.45, 2.75) is 70.5 Å². The molecular formula is C24H30N4. The molecule has 0 spiro atoms. The zero-order valence-electron chi connectivity index (χ0n) is 16.8. The molecular weight excluding hydrogens is 344 g/mol. The van der Waals surface area contributed by atoms with Gasteiger partial charge in [-0.05, 0) is 56.2 Å². The van der Waals surface area contributed by atoms with Crippen LogP contribution >= 0.6 is 0 Å². The van der Waals surface area contributed by atoms with Gasteiger partial charge in [0.05, 0.1) is 6.20 Å². The fraction of sp³-hybridized carbons (Fsp3) is 0.458. The van der Waals surface area contributed by atoms with E-state index in [2.05, 4.69) is 63.6 Å². The van der Waals surface area contributed by atoms with Crippen LogP contribution in [0.25, 0.3) is 16.6 Å². The van der Waals surface area contributed by atoms with Gasteiger partial charge in [-0.15, -0.1) is 0 Å². The van der Waals surface area contributed by atoms with Crippen LogP contribution in [0.4, 0.5) is 0 Å². The Morgan fingerprint density at radius 1 is 1.25 bits per heavy atom. The molecule has 0 aliphatic heterocycles. The van der Waals surface area contributed by atoms with E-state index in [1.807, 2.05) is 6.20 Å². The molecule has 5 rings (SSSR count). The highest BCUT2D eigenvalue weighted by molar-refractivity contribution is 5.92. The molecule has 1 aromatic carbocycles. The first kappa shape index (κ1) is 17.6. The number of aromatic amines is 1. The van der Waals surface area contributed by atoms with Gasteiger partial charge in [0.1, 0.15) is 0 Å². The summed E-state index contributed by atoms with van der Waals surface area (Å²) >= 11 is 0. The van der Waals surface area contributed by atoms with E-state index in [1.165, 1.54) is 65.5 Å². The predicted molar refractivity (Wildman–Crippen MR) is 115 cm³/mol. The number of unbranched alkanes of at least 4 members (excludes halogenated alkanes) is 1. The molecule has 1 fully saturated rings. The second kappa shape index (κ2) is 7.16. The van der Waals surface area contributed by atoms with E-state index in [0.29, 0.717) is 12.1 Å². The number of aryl methyl sites for hydroxylation is 2. The first-order chi connectivity index (χ1) is 13.8.